The Kier molecular flexibility index (Phi) is 2.83. The summed E-state index contributed by atoms with van der Waals surface area (Å²) in [5.74, 6) is 0.749. The van der Waals surface area contributed by atoms with Crippen LogP contribution in [-0.4, -0.2) is 16.0 Å². The van der Waals surface area contributed by atoms with E-state index in [1.165, 1.54) is 37.7 Å². The predicted octanol–water partition coefficient (Wildman–Crippen LogP) is 3.80. The Bertz CT molecular complexity index is 518. The molecule has 0 saturated heterocycles. The van der Waals surface area contributed by atoms with Crippen LogP contribution in [0.1, 0.15) is 58.8 Å². The van der Waals surface area contributed by atoms with Crippen molar-refractivity contribution in [3.63, 3.8) is 0 Å². The zero-order valence-corrected chi connectivity index (χ0v) is 13.3. The summed E-state index contributed by atoms with van der Waals surface area (Å²) in [5.41, 5.74) is 1.90. The molecule has 0 amide bonds. The third kappa shape index (κ3) is 1.91. The van der Waals surface area contributed by atoms with Crippen LogP contribution in [0.4, 0.5) is 0 Å². The molecule has 116 valence electrons. The topological polar surface area (TPSA) is 40.5 Å². The summed E-state index contributed by atoms with van der Waals surface area (Å²) < 4.78 is 0. The Morgan fingerprint density at radius 2 is 1.86 bits per heavy atom. The largest absolute Gasteiger partial charge is 0.362 e. The zero-order valence-electron chi connectivity index (χ0n) is 13.3. The average Bonchev–Trinajstić information content (AvgIpc) is 2.81. The van der Waals surface area contributed by atoms with Gasteiger partial charge in [-0.2, -0.15) is 0 Å². The van der Waals surface area contributed by atoms with Crippen LogP contribution in [0.3, 0.4) is 0 Å². The van der Waals surface area contributed by atoms with Gasteiger partial charge in [0.05, 0.1) is 0 Å². The summed E-state index contributed by atoms with van der Waals surface area (Å²) >= 11 is 0. The van der Waals surface area contributed by atoms with E-state index >= 15 is 0 Å². The second-order valence-electron chi connectivity index (χ2n) is 8.60. The van der Waals surface area contributed by atoms with Crippen LogP contribution in [0.2, 0.25) is 0 Å². The Labute approximate surface area is 127 Å². The van der Waals surface area contributed by atoms with Crippen LogP contribution >= 0.6 is 0 Å². The number of allylic oxidation sites excluding steroid dienone is 2. The molecule has 4 aliphatic rings. The first-order valence-corrected chi connectivity index (χ1v) is 8.69. The highest BCUT2D eigenvalue weighted by molar-refractivity contribution is 5.33. The summed E-state index contributed by atoms with van der Waals surface area (Å²) in [7, 11) is 0. The van der Waals surface area contributed by atoms with Gasteiger partial charge in [-0.25, -0.2) is 0 Å². The van der Waals surface area contributed by atoms with Crippen LogP contribution in [0.5, 0.6) is 0 Å². The van der Waals surface area contributed by atoms with Gasteiger partial charge in [0, 0.05) is 11.8 Å². The summed E-state index contributed by atoms with van der Waals surface area (Å²) in [6.07, 6.45) is 14.5. The van der Waals surface area contributed by atoms with E-state index in [0.717, 1.165) is 18.3 Å². The molecule has 4 aliphatic carbocycles. The molecule has 2 fully saturated rings. The summed E-state index contributed by atoms with van der Waals surface area (Å²) in [6, 6.07) is 0. The van der Waals surface area contributed by atoms with Crippen LogP contribution in [0, 0.1) is 28.6 Å². The average molecular weight is 288 g/mol. The number of aliphatic hydroxyl groups is 2. The van der Waals surface area contributed by atoms with Crippen molar-refractivity contribution in [3.05, 3.63) is 23.8 Å². The smallest absolute Gasteiger partial charge is 0.186 e. The second kappa shape index (κ2) is 4.23. The molecule has 0 aromatic carbocycles. The van der Waals surface area contributed by atoms with Gasteiger partial charge in [0.15, 0.2) is 5.79 Å². The van der Waals surface area contributed by atoms with Crippen molar-refractivity contribution in [1.29, 1.82) is 0 Å². The Morgan fingerprint density at radius 1 is 1.05 bits per heavy atom. The van der Waals surface area contributed by atoms with Crippen LogP contribution in [0.15, 0.2) is 23.8 Å². The molecule has 2 heteroatoms. The Morgan fingerprint density at radius 3 is 2.67 bits per heavy atom. The molecular weight excluding hydrogens is 260 g/mol. The number of rotatable bonds is 0. The summed E-state index contributed by atoms with van der Waals surface area (Å²) in [4.78, 5) is 0. The first-order chi connectivity index (χ1) is 9.84. The maximum atomic E-state index is 9.94. The quantitative estimate of drug-likeness (QED) is 0.526. The molecule has 2 N–H and O–H groups in total. The fourth-order valence-electron chi connectivity index (χ4n) is 6.23. The fourth-order valence-corrected chi connectivity index (χ4v) is 6.23. The van der Waals surface area contributed by atoms with E-state index in [9.17, 15) is 10.2 Å². The van der Waals surface area contributed by atoms with Crippen molar-refractivity contribution in [2.24, 2.45) is 28.6 Å². The molecule has 0 bridgehead atoms. The van der Waals surface area contributed by atoms with Gasteiger partial charge < -0.3 is 10.2 Å². The van der Waals surface area contributed by atoms with Gasteiger partial charge >= 0.3 is 0 Å². The Hall–Kier alpha value is -0.600. The Balaban J connectivity index is 1.71. The molecule has 21 heavy (non-hydrogen) atoms. The molecule has 0 spiro atoms. The third-order valence-corrected chi connectivity index (χ3v) is 7.46. The highest BCUT2D eigenvalue weighted by atomic mass is 16.5. The van der Waals surface area contributed by atoms with E-state index in [1.807, 2.05) is 0 Å². The highest BCUT2D eigenvalue weighted by Crippen LogP contribution is 2.64. The number of hydrogen-bond acceptors (Lipinski definition) is 2. The van der Waals surface area contributed by atoms with Crippen LogP contribution in [-0.2, 0) is 0 Å². The molecule has 0 unspecified atom stereocenters. The summed E-state index contributed by atoms with van der Waals surface area (Å²) in [5, 5.41) is 19.9. The SMILES string of the molecule is C[C@@]12CCC[C@H]1[C@@H]1CC=C3CC(O)(O)C=C[C@]3(C)[C@H]1CC2. The lowest BCUT2D eigenvalue weighted by Crippen LogP contribution is -2.49. The minimum absolute atomic E-state index is 0.0573. The first-order valence-electron chi connectivity index (χ1n) is 8.69. The lowest BCUT2D eigenvalue weighted by molar-refractivity contribution is -0.126. The molecule has 0 aromatic rings. The van der Waals surface area contributed by atoms with Crippen molar-refractivity contribution in [2.75, 3.05) is 0 Å². The number of hydrogen-bond donors (Lipinski definition) is 2. The van der Waals surface area contributed by atoms with Gasteiger partial charge in [-0.15, -0.1) is 0 Å². The third-order valence-electron chi connectivity index (χ3n) is 7.46. The summed E-state index contributed by atoms with van der Waals surface area (Å²) in [6.45, 7) is 4.85. The van der Waals surface area contributed by atoms with Gasteiger partial charge in [0.2, 0.25) is 0 Å². The van der Waals surface area contributed by atoms with Gasteiger partial charge in [0.1, 0.15) is 0 Å². The molecule has 4 rings (SSSR count). The maximum absolute atomic E-state index is 9.94. The lowest BCUT2D eigenvalue weighted by atomic mass is 9.49. The zero-order chi connectivity index (χ0) is 14.9. The fraction of sp³-hybridized carbons (Fsp3) is 0.789. The molecule has 2 nitrogen and oxygen atoms in total. The van der Waals surface area contributed by atoms with Crippen LogP contribution in [0.25, 0.3) is 0 Å². The maximum Gasteiger partial charge on any atom is 0.186 e. The van der Waals surface area contributed by atoms with Gasteiger partial charge in [-0.05, 0) is 61.3 Å². The van der Waals surface area contributed by atoms with E-state index in [0.29, 0.717) is 17.8 Å². The van der Waals surface area contributed by atoms with Crippen molar-refractivity contribution in [1.82, 2.24) is 0 Å². The highest BCUT2D eigenvalue weighted by Gasteiger charge is 2.55. The second-order valence-corrected chi connectivity index (χ2v) is 8.60. The minimum atomic E-state index is -1.63. The first kappa shape index (κ1) is 14.0. The van der Waals surface area contributed by atoms with Crippen molar-refractivity contribution in [2.45, 2.75) is 64.6 Å². The van der Waals surface area contributed by atoms with Crippen LogP contribution < -0.4 is 0 Å². The van der Waals surface area contributed by atoms with E-state index < -0.39 is 5.79 Å². The van der Waals surface area contributed by atoms with Crippen molar-refractivity contribution < 1.29 is 10.2 Å². The standard InChI is InChI=1S/C19H28O2/c1-17-8-3-4-15(17)14-6-5-13-12-19(20,21)11-10-18(13,2)16(14)7-9-17/h5,10-11,14-16,20-21H,3-4,6-9,12H2,1-2H3/t14-,15-,16-,17-,18-/m0/s1. The normalized spacial score (nSPS) is 50.9. The molecule has 0 aromatic heterocycles. The molecule has 0 aliphatic heterocycles. The molecule has 2 saturated carbocycles. The molecule has 0 radical (unpaired) electrons. The van der Waals surface area contributed by atoms with E-state index in [-0.39, 0.29) is 5.41 Å². The minimum Gasteiger partial charge on any atom is -0.362 e. The monoisotopic (exact) mass is 288 g/mol. The molecule has 5 atom stereocenters. The van der Waals surface area contributed by atoms with E-state index in [1.54, 1.807) is 6.08 Å². The lowest BCUT2D eigenvalue weighted by Gasteiger charge is -2.56. The molecular formula is C19H28O2. The van der Waals surface area contributed by atoms with Gasteiger partial charge in [0.25, 0.3) is 0 Å². The predicted molar refractivity (Wildman–Crippen MR) is 83.4 cm³/mol. The molecule has 0 heterocycles. The van der Waals surface area contributed by atoms with E-state index in [2.05, 4.69) is 26.0 Å². The number of fused-ring (bicyclic) bond motifs is 5. The van der Waals surface area contributed by atoms with Gasteiger partial charge in [-0.3, -0.25) is 0 Å². The van der Waals surface area contributed by atoms with E-state index in [4.69, 9.17) is 0 Å². The van der Waals surface area contributed by atoms with Crippen molar-refractivity contribution >= 4 is 0 Å². The van der Waals surface area contributed by atoms with Gasteiger partial charge in [-0.1, -0.05) is 38.0 Å². The van der Waals surface area contributed by atoms with Crippen molar-refractivity contribution in [3.8, 4) is 0 Å².